The lowest BCUT2D eigenvalue weighted by atomic mass is 10.0. The number of quaternary nitrogens is 1. The lowest BCUT2D eigenvalue weighted by molar-refractivity contribution is -0.910. The van der Waals surface area contributed by atoms with Gasteiger partial charge >= 0.3 is 6.03 Å². The fraction of sp³-hybridized carbons (Fsp3) is 0.579. The molecule has 1 aliphatic rings. The molecule has 2 atom stereocenters. The van der Waals surface area contributed by atoms with Crippen LogP contribution in [0, 0.1) is 5.92 Å². The Labute approximate surface area is 155 Å². The molecule has 0 aliphatic carbocycles. The second-order valence-corrected chi connectivity index (χ2v) is 7.04. The van der Waals surface area contributed by atoms with Crippen LogP contribution < -0.4 is 25.0 Å². The number of hydrogen-bond donors (Lipinski definition) is 3. The predicted molar refractivity (Wildman–Crippen MR) is 98.6 cm³/mol. The number of likely N-dealkylation sites (tertiary alicyclic amines) is 1. The van der Waals surface area contributed by atoms with E-state index in [0.29, 0.717) is 12.5 Å². The van der Waals surface area contributed by atoms with Crippen molar-refractivity contribution in [1.82, 2.24) is 10.6 Å². The van der Waals surface area contributed by atoms with Crippen LogP contribution in [0.25, 0.3) is 0 Å². The van der Waals surface area contributed by atoms with Crippen molar-refractivity contribution in [3.63, 3.8) is 0 Å². The fourth-order valence-corrected chi connectivity index (χ4v) is 3.33. The smallest absolute Gasteiger partial charge is 0.321 e. The van der Waals surface area contributed by atoms with Gasteiger partial charge in [-0.05, 0) is 24.1 Å². The van der Waals surface area contributed by atoms with Crippen LogP contribution in [0.15, 0.2) is 18.2 Å². The van der Waals surface area contributed by atoms with E-state index < -0.39 is 6.03 Å². The molecule has 0 radical (unpaired) electrons. The maximum Gasteiger partial charge on any atom is 0.321 e. The van der Waals surface area contributed by atoms with Crippen LogP contribution in [0.2, 0.25) is 0 Å². The largest absolute Gasteiger partial charge is 0.497 e. The molecule has 7 heteroatoms. The summed E-state index contributed by atoms with van der Waals surface area (Å²) < 4.78 is 10.8. The minimum absolute atomic E-state index is 0.143. The summed E-state index contributed by atoms with van der Waals surface area (Å²) in [4.78, 5) is 25.2. The third-order valence-corrected chi connectivity index (χ3v) is 4.61. The van der Waals surface area contributed by atoms with E-state index in [1.807, 2.05) is 32.0 Å². The molecule has 1 heterocycles. The number of nitrogens with one attached hydrogen (secondary N) is 3. The number of carbonyl (C=O) groups excluding carboxylic acids is 2. The first kappa shape index (κ1) is 20.0. The van der Waals surface area contributed by atoms with Crippen LogP contribution in [-0.2, 0) is 4.79 Å². The number of methoxy groups -OCH3 is 2. The van der Waals surface area contributed by atoms with E-state index in [0.717, 1.165) is 41.3 Å². The molecule has 3 N–H and O–H groups in total. The van der Waals surface area contributed by atoms with Crippen molar-refractivity contribution in [3.8, 4) is 11.5 Å². The van der Waals surface area contributed by atoms with E-state index in [4.69, 9.17) is 9.47 Å². The van der Waals surface area contributed by atoms with Gasteiger partial charge in [0.2, 0.25) is 0 Å². The average molecular weight is 364 g/mol. The van der Waals surface area contributed by atoms with E-state index in [9.17, 15) is 9.59 Å². The maximum absolute atomic E-state index is 12.3. The van der Waals surface area contributed by atoms with Gasteiger partial charge in [0.1, 0.15) is 17.5 Å². The summed E-state index contributed by atoms with van der Waals surface area (Å²) in [7, 11) is 3.28. The number of carbonyl (C=O) groups is 2. The third-order valence-electron chi connectivity index (χ3n) is 4.61. The molecule has 0 saturated carbocycles. The van der Waals surface area contributed by atoms with E-state index >= 15 is 0 Å². The SMILES string of the molecule is COc1ccc(OC)c([C@H]2CCC[NH+]2CC(=O)NC(=O)NCC(C)C)c1. The molecular formula is C19H30N3O4+. The van der Waals surface area contributed by atoms with Crippen molar-refractivity contribution in [2.45, 2.75) is 32.7 Å². The molecule has 2 rings (SSSR count). The summed E-state index contributed by atoms with van der Waals surface area (Å²) >= 11 is 0. The van der Waals surface area contributed by atoms with Crippen molar-refractivity contribution in [2.24, 2.45) is 5.92 Å². The number of urea groups is 1. The Morgan fingerprint density at radius 2 is 2.04 bits per heavy atom. The molecular weight excluding hydrogens is 334 g/mol. The summed E-state index contributed by atoms with van der Waals surface area (Å²) in [5.41, 5.74) is 1.04. The first-order chi connectivity index (χ1) is 12.4. The van der Waals surface area contributed by atoms with E-state index in [1.165, 1.54) is 0 Å². The highest BCUT2D eigenvalue weighted by Crippen LogP contribution is 2.31. The standard InChI is InChI=1S/C19H29N3O4/c1-13(2)11-20-19(24)21-18(23)12-22-9-5-6-16(22)15-10-14(25-3)7-8-17(15)26-4/h7-8,10,13,16H,5-6,9,11-12H2,1-4H3,(H2,20,21,23,24)/p+1/t16-/m1/s1. The quantitative estimate of drug-likeness (QED) is 0.672. The van der Waals surface area contributed by atoms with Crippen molar-refractivity contribution in [3.05, 3.63) is 23.8 Å². The Morgan fingerprint density at radius 3 is 2.69 bits per heavy atom. The van der Waals surface area contributed by atoms with Crippen LogP contribution in [-0.4, -0.2) is 45.8 Å². The van der Waals surface area contributed by atoms with Gasteiger partial charge in [0.15, 0.2) is 6.54 Å². The van der Waals surface area contributed by atoms with Crippen molar-refractivity contribution >= 4 is 11.9 Å². The first-order valence-corrected chi connectivity index (χ1v) is 9.08. The molecule has 3 amide bonds. The zero-order valence-electron chi connectivity index (χ0n) is 16.1. The lowest BCUT2D eigenvalue weighted by Gasteiger charge is -2.23. The number of ether oxygens (including phenoxy) is 2. The van der Waals surface area contributed by atoms with Crippen molar-refractivity contribution < 1.29 is 24.0 Å². The Morgan fingerprint density at radius 1 is 1.27 bits per heavy atom. The summed E-state index contributed by atoms with van der Waals surface area (Å²) in [5, 5.41) is 5.12. The molecule has 1 saturated heterocycles. The van der Waals surface area contributed by atoms with Gasteiger partial charge in [0.25, 0.3) is 5.91 Å². The zero-order chi connectivity index (χ0) is 19.1. The number of imide groups is 1. The highest BCUT2D eigenvalue weighted by atomic mass is 16.5. The molecule has 0 spiro atoms. The second-order valence-electron chi connectivity index (χ2n) is 7.04. The van der Waals surface area contributed by atoms with Crippen LogP contribution in [0.5, 0.6) is 11.5 Å². The van der Waals surface area contributed by atoms with E-state index in [2.05, 4.69) is 10.6 Å². The number of amides is 3. The summed E-state index contributed by atoms with van der Waals surface area (Å²) in [6.07, 6.45) is 1.98. The van der Waals surface area contributed by atoms with Crippen LogP contribution in [0.1, 0.15) is 38.3 Å². The molecule has 1 aromatic carbocycles. The summed E-state index contributed by atoms with van der Waals surface area (Å²) in [6.45, 7) is 5.68. The molecule has 1 aliphatic heterocycles. The van der Waals surface area contributed by atoms with Crippen molar-refractivity contribution in [1.29, 1.82) is 0 Å². The second kappa shape index (κ2) is 9.43. The molecule has 0 aromatic heterocycles. The minimum atomic E-state index is -0.433. The predicted octanol–water partition coefficient (Wildman–Crippen LogP) is 0.905. The molecule has 26 heavy (non-hydrogen) atoms. The van der Waals surface area contributed by atoms with Gasteiger partial charge in [-0.15, -0.1) is 0 Å². The Hall–Kier alpha value is -2.28. The fourth-order valence-electron chi connectivity index (χ4n) is 3.33. The molecule has 1 aromatic rings. The van der Waals surface area contributed by atoms with Crippen LogP contribution >= 0.6 is 0 Å². The van der Waals surface area contributed by atoms with Crippen molar-refractivity contribution in [2.75, 3.05) is 33.9 Å². The van der Waals surface area contributed by atoms with Gasteiger partial charge in [0.05, 0.1) is 26.3 Å². The average Bonchev–Trinajstić information content (AvgIpc) is 3.07. The van der Waals surface area contributed by atoms with Gasteiger partial charge in [-0.25, -0.2) is 4.79 Å². The number of rotatable bonds is 7. The van der Waals surface area contributed by atoms with Gasteiger partial charge < -0.3 is 19.7 Å². The Balaban J connectivity index is 2.02. The molecule has 1 unspecified atom stereocenters. The molecule has 0 bridgehead atoms. The number of benzene rings is 1. The van der Waals surface area contributed by atoms with E-state index in [-0.39, 0.29) is 18.5 Å². The zero-order valence-corrected chi connectivity index (χ0v) is 16.1. The Bertz CT molecular complexity index is 633. The van der Waals surface area contributed by atoms with Gasteiger partial charge in [0, 0.05) is 19.4 Å². The summed E-state index contributed by atoms with van der Waals surface area (Å²) in [6, 6.07) is 5.44. The van der Waals surface area contributed by atoms with E-state index in [1.54, 1.807) is 14.2 Å². The topological polar surface area (TPSA) is 81.1 Å². The van der Waals surface area contributed by atoms with Gasteiger partial charge in [-0.1, -0.05) is 13.8 Å². The summed E-state index contributed by atoms with van der Waals surface area (Å²) in [5.74, 6) is 1.63. The minimum Gasteiger partial charge on any atom is -0.497 e. The Kier molecular flexibility index (Phi) is 7.26. The number of hydrogen-bond acceptors (Lipinski definition) is 4. The van der Waals surface area contributed by atoms with Crippen LogP contribution in [0.4, 0.5) is 4.79 Å². The maximum atomic E-state index is 12.3. The highest BCUT2D eigenvalue weighted by Gasteiger charge is 2.34. The third kappa shape index (κ3) is 5.36. The first-order valence-electron chi connectivity index (χ1n) is 9.08. The molecule has 7 nitrogen and oxygen atoms in total. The molecule has 1 fully saturated rings. The van der Waals surface area contributed by atoms with Gasteiger partial charge in [-0.2, -0.15) is 0 Å². The highest BCUT2D eigenvalue weighted by molar-refractivity contribution is 5.94. The normalized spacial score (nSPS) is 19.3. The monoisotopic (exact) mass is 364 g/mol. The van der Waals surface area contributed by atoms with Gasteiger partial charge in [-0.3, -0.25) is 10.1 Å². The van der Waals surface area contributed by atoms with Crippen LogP contribution in [0.3, 0.4) is 0 Å². The lowest BCUT2D eigenvalue weighted by Crippen LogP contribution is -3.11. The molecule has 144 valence electrons.